The molecular formula is C20H21FO3. The number of aromatic hydroxyl groups is 1. The van der Waals surface area contributed by atoms with E-state index in [0.29, 0.717) is 6.61 Å². The molecule has 0 fully saturated rings. The smallest absolute Gasteiger partial charge is 0.129 e. The largest absolute Gasteiger partial charge is 0.508 e. The monoisotopic (exact) mass is 328 g/mol. The highest BCUT2D eigenvalue weighted by atomic mass is 19.1. The van der Waals surface area contributed by atoms with Crippen LogP contribution in [0.4, 0.5) is 4.39 Å². The summed E-state index contributed by atoms with van der Waals surface area (Å²) < 4.78 is 25.3. The Bertz CT molecular complexity index is 798. The normalized spacial score (nSPS) is 21.2. The van der Waals surface area contributed by atoms with Crippen molar-refractivity contribution in [3.63, 3.8) is 0 Å². The van der Waals surface area contributed by atoms with Gasteiger partial charge in [0.05, 0.1) is 6.61 Å². The first-order chi connectivity index (χ1) is 11.4. The Morgan fingerprint density at radius 1 is 1.21 bits per heavy atom. The van der Waals surface area contributed by atoms with Crippen LogP contribution in [0.5, 0.6) is 17.2 Å². The fourth-order valence-corrected chi connectivity index (χ4v) is 3.68. The van der Waals surface area contributed by atoms with Crippen molar-refractivity contribution in [1.82, 2.24) is 0 Å². The lowest BCUT2D eigenvalue weighted by atomic mass is 9.86. The first-order valence-electron chi connectivity index (χ1n) is 8.38. The Hall–Kier alpha value is -2.23. The standard InChI is InChI=1S/C20H21FO3/c1-20(2)8-7-16-18(24-20)6-3-12-9-13(11-23-19(12)16)15-5-4-14(21)10-17(15)22/h3-6,10,13,22H,7-9,11H2,1-2H3. The van der Waals surface area contributed by atoms with Crippen LogP contribution in [-0.2, 0) is 12.8 Å². The van der Waals surface area contributed by atoms with E-state index in [1.165, 1.54) is 6.07 Å². The third-order valence-electron chi connectivity index (χ3n) is 4.99. The van der Waals surface area contributed by atoms with Crippen LogP contribution in [-0.4, -0.2) is 17.3 Å². The highest BCUT2D eigenvalue weighted by Gasteiger charge is 2.32. The van der Waals surface area contributed by atoms with E-state index in [1.807, 2.05) is 12.1 Å². The summed E-state index contributed by atoms with van der Waals surface area (Å²) in [7, 11) is 0. The molecule has 2 heterocycles. The van der Waals surface area contributed by atoms with Gasteiger partial charge in [0.1, 0.15) is 28.7 Å². The van der Waals surface area contributed by atoms with Crippen molar-refractivity contribution >= 4 is 0 Å². The average molecular weight is 328 g/mol. The fraction of sp³-hybridized carbons (Fsp3) is 0.400. The summed E-state index contributed by atoms with van der Waals surface area (Å²) in [6.07, 6.45) is 2.67. The van der Waals surface area contributed by atoms with Gasteiger partial charge in [0.2, 0.25) is 0 Å². The van der Waals surface area contributed by atoms with Crippen LogP contribution in [0.1, 0.15) is 42.9 Å². The number of benzene rings is 2. The van der Waals surface area contributed by atoms with Gasteiger partial charge in [-0.25, -0.2) is 4.39 Å². The minimum Gasteiger partial charge on any atom is -0.508 e. The molecule has 4 heteroatoms. The van der Waals surface area contributed by atoms with Crippen LogP contribution in [0.15, 0.2) is 30.3 Å². The predicted molar refractivity (Wildman–Crippen MR) is 89.5 cm³/mol. The van der Waals surface area contributed by atoms with Crippen LogP contribution < -0.4 is 9.47 Å². The highest BCUT2D eigenvalue weighted by molar-refractivity contribution is 5.53. The molecule has 1 unspecified atom stereocenters. The van der Waals surface area contributed by atoms with Crippen molar-refractivity contribution in [2.24, 2.45) is 0 Å². The number of hydrogen-bond donors (Lipinski definition) is 1. The minimum absolute atomic E-state index is 0.00454. The van der Waals surface area contributed by atoms with E-state index in [9.17, 15) is 9.50 Å². The Balaban J connectivity index is 1.65. The van der Waals surface area contributed by atoms with Gasteiger partial charge in [0, 0.05) is 23.1 Å². The van der Waals surface area contributed by atoms with Crippen LogP contribution in [0.3, 0.4) is 0 Å². The number of halogens is 1. The van der Waals surface area contributed by atoms with Gasteiger partial charge in [0.25, 0.3) is 0 Å². The molecule has 2 aliphatic heterocycles. The van der Waals surface area contributed by atoms with E-state index < -0.39 is 5.82 Å². The summed E-state index contributed by atoms with van der Waals surface area (Å²) in [5.74, 6) is 1.43. The van der Waals surface area contributed by atoms with E-state index in [1.54, 1.807) is 6.07 Å². The van der Waals surface area contributed by atoms with Crippen LogP contribution >= 0.6 is 0 Å². The average Bonchev–Trinajstić information content (AvgIpc) is 2.53. The summed E-state index contributed by atoms with van der Waals surface area (Å²) in [6.45, 7) is 4.68. The number of fused-ring (bicyclic) bond motifs is 3. The van der Waals surface area contributed by atoms with E-state index >= 15 is 0 Å². The molecule has 0 saturated heterocycles. The number of ether oxygens (including phenoxy) is 2. The Morgan fingerprint density at radius 3 is 2.83 bits per heavy atom. The zero-order chi connectivity index (χ0) is 16.9. The molecule has 0 aliphatic carbocycles. The van der Waals surface area contributed by atoms with Crippen molar-refractivity contribution < 1.29 is 19.0 Å². The third kappa shape index (κ3) is 2.60. The quantitative estimate of drug-likeness (QED) is 0.845. The summed E-state index contributed by atoms with van der Waals surface area (Å²) in [6, 6.07) is 8.25. The molecule has 1 atom stereocenters. The predicted octanol–water partition coefficient (Wildman–Crippen LogP) is 4.35. The first-order valence-corrected chi connectivity index (χ1v) is 8.38. The zero-order valence-electron chi connectivity index (χ0n) is 13.9. The molecule has 0 aromatic heterocycles. The second-order valence-electron chi connectivity index (χ2n) is 7.31. The van der Waals surface area contributed by atoms with Gasteiger partial charge in [-0.05, 0) is 50.8 Å². The number of phenolic OH excluding ortho intramolecular Hbond substituents is 1. The van der Waals surface area contributed by atoms with E-state index in [0.717, 1.165) is 53.5 Å². The van der Waals surface area contributed by atoms with Gasteiger partial charge in [-0.1, -0.05) is 12.1 Å². The summed E-state index contributed by atoms with van der Waals surface area (Å²) in [5, 5.41) is 10.0. The maximum Gasteiger partial charge on any atom is 0.129 e. The molecule has 0 amide bonds. The van der Waals surface area contributed by atoms with Crippen molar-refractivity contribution in [3.8, 4) is 17.2 Å². The maximum atomic E-state index is 13.2. The van der Waals surface area contributed by atoms with Crippen molar-refractivity contribution in [1.29, 1.82) is 0 Å². The van der Waals surface area contributed by atoms with Crippen LogP contribution in [0.2, 0.25) is 0 Å². The minimum atomic E-state index is -0.429. The molecule has 0 spiro atoms. The molecule has 126 valence electrons. The number of rotatable bonds is 1. The second-order valence-corrected chi connectivity index (χ2v) is 7.31. The van der Waals surface area contributed by atoms with E-state index in [-0.39, 0.29) is 17.3 Å². The van der Waals surface area contributed by atoms with Gasteiger partial charge in [0.15, 0.2) is 0 Å². The SMILES string of the molecule is CC1(C)CCc2c(ccc3c2OCC(c2ccc(F)cc2O)C3)O1. The number of hydrogen-bond acceptors (Lipinski definition) is 3. The first kappa shape index (κ1) is 15.3. The van der Waals surface area contributed by atoms with Crippen molar-refractivity contribution in [2.75, 3.05) is 6.61 Å². The summed E-state index contributed by atoms with van der Waals surface area (Å²) >= 11 is 0. The van der Waals surface area contributed by atoms with E-state index in [2.05, 4.69) is 13.8 Å². The molecule has 2 aromatic carbocycles. The van der Waals surface area contributed by atoms with Gasteiger partial charge in [-0.15, -0.1) is 0 Å². The summed E-state index contributed by atoms with van der Waals surface area (Å²) in [4.78, 5) is 0. The molecular weight excluding hydrogens is 307 g/mol. The molecule has 2 aliphatic rings. The molecule has 0 radical (unpaired) electrons. The van der Waals surface area contributed by atoms with Crippen molar-refractivity contribution in [3.05, 3.63) is 52.8 Å². The number of phenols is 1. The molecule has 0 saturated carbocycles. The Labute approximate surface area is 141 Å². The van der Waals surface area contributed by atoms with Crippen LogP contribution in [0, 0.1) is 5.82 Å². The molecule has 2 aromatic rings. The molecule has 24 heavy (non-hydrogen) atoms. The Kier molecular flexibility index (Phi) is 3.44. The lowest BCUT2D eigenvalue weighted by Crippen LogP contribution is -2.33. The van der Waals surface area contributed by atoms with Gasteiger partial charge >= 0.3 is 0 Å². The molecule has 1 N–H and O–H groups in total. The summed E-state index contributed by atoms with van der Waals surface area (Å²) in [5.41, 5.74) is 2.86. The second kappa shape index (κ2) is 5.40. The van der Waals surface area contributed by atoms with Crippen molar-refractivity contribution in [2.45, 2.75) is 44.6 Å². The molecule has 4 rings (SSSR count). The topological polar surface area (TPSA) is 38.7 Å². The van der Waals surface area contributed by atoms with Crippen LogP contribution in [0.25, 0.3) is 0 Å². The molecule has 3 nitrogen and oxygen atoms in total. The fourth-order valence-electron chi connectivity index (χ4n) is 3.68. The van der Waals surface area contributed by atoms with E-state index in [4.69, 9.17) is 9.47 Å². The lowest BCUT2D eigenvalue weighted by Gasteiger charge is -2.35. The van der Waals surface area contributed by atoms with Gasteiger partial charge < -0.3 is 14.6 Å². The highest BCUT2D eigenvalue weighted by Crippen LogP contribution is 2.44. The van der Waals surface area contributed by atoms with Gasteiger partial charge in [-0.2, -0.15) is 0 Å². The Morgan fingerprint density at radius 2 is 2.04 bits per heavy atom. The lowest BCUT2D eigenvalue weighted by molar-refractivity contribution is 0.0826. The molecule has 0 bridgehead atoms. The third-order valence-corrected chi connectivity index (χ3v) is 4.99. The van der Waals surface area contributed by atoms with Gasteiger partial charge in [-0.3, -0.25) is 0 Å². The zero-order valence-corrected chi connectivity index (χ0v) is 13.9. The maximum absolute atomic E-state index is 13.2.